The number of nitrogens with zero attached hydrogens (tertiary/aromatic N) is 1. The molecule has 4 rings (SSSR count). The molecule has 24 heavy (non-hydrogen) atoms. The van der Waals surface area contributed by atoms with Crippen LogP contribution >= 0.6 is 0 Å². The van der Waals surface area contributed by atoms with Gasteiger partial charge in [0.05, 0.1) is 10.8 Å². The van der Waals surface area contributed by atoms with Crippen molar-refractivity contribution in [2.24, 2.45) is 7.05 Å². The molecule has 1 aromatic heterocycles. The number of hydrogen-bond acceptors (Lipinski definition) is 1. The number of hydrogen-bond donors (Lipinski definition) is 1. The Morgan fingerprint density at radius 2 is 1.29 bits per heavy atom. The van der Waals surface area contributed by atoms with Crippen LogP contribution in [-0.2, 0) is 13.5 Å². The van der Waals surface area contributed by atoms with Crippen LogP contribution in [0.3, 0.4) is 0 Å². The maximum absolute atomic E-state index is 9.46. The summed E-state index contributed by atoms with van der Waals surface area (Å²) in [6, 6.07) is 25.5. The second-order valence-corrected chi connectivity index (χ2v) is 6.10. The first-order chi connectivity index (χ1) is 11.8. The van der Waals surface area contributed by atoms with E-state index in [1.54, 1.807) is 0 Å². The third-order valence-corrected chi connectivity index (χ3v) is 4.74. The molecule has 1 heterocycles. The number of aliphatic hydroxyl groups excluding tert-OH is 1. The lowest BCUT2D eigenvalue weighted by Crippen LogP contribution is -2.30. The first-order valence-corrected chi connectivity index (χ1v) is 8.30. The third kappa shape index (κ3) is 2.27. The van der Waals surface area contributed by atoms with Crippen molar-refractivity contribution in [2.75, 3.05) is 6.61 Å². The highest BCUT2D eigenvalue weighted by Crippen LogP contribution is 2.35. The molecule has 0 bridgehead atoms. The number of aryl methyl sites for hydroxylation is 1. The molecule has 0 amide bonds. The molecule has 0 spiro atoms. The van der Waals surface area contributed by atoms with E-state index < -0.39 is 0 Å². The second kappa shape index (κ2) is 6.06. The molecule has 0 aliphatic carbocycles. The average molecular weight is 314 g/mol. The van der Waals surface area contributed by atoms with E-state index in [9.17, 15) is 5.11 Å². The minimum absolute atomic E-state index is 0.160. The summed E-state index contributed by atoms with van der Waals surface area (Å²) >= 11 is 0. The van der Waals surface area contributed by atoms with Gasteiger partial charge < -0.3 is 5.11 Å². The standard InChI is InChI=1S/C22H20NO/c1-23-20-12-6-4-10-18(20)22(19-11-5-7-13-21(19)23)17-9-3-2-8-16(17)14-15-24/h2-13,24H,14-15H2,1H3/q+1. The van der Waals surface area contributed by atoms with E-state index in [0.29, 0.717) is 6.42 Å². The number of pyridine rings is 1. The highest BCUT2D eigenvalue weighted by Gasteiger charge is 2.19. The largest absolute Gasteiger partial charge is 0.396 e. The topological polar surface area (TPSA) is 24.1 Å². The predicted molar refractivity (Wildman–Crippen MR) is 98.9 cm³/mol. The fourth-order valence-electron chi connectivity index (χ4n) is 3.62. The Morgan fingerprint density at radius 1 is 0.750 bits per heavy atom. The molecule has 0 aliphatic heterocycles. The van der Waals surface area contributed by atoms with Crippen LogP contribution in [0.25, 0.3) is 32.9 Å². The number of fused-ring (bicyclic) bond motifs is 2. The van der Waals surface area contributed by atoms with Crippen LogP contribution in [0.15, 0.2) is 72.8 Å². The van der Waals surface area contributed by atoms with Crippen LogP contribution in [0.1, 0.15) is 5.56 Å². The summed E-state index contributed by atoms with van der Waals surface area (Å²) in [5, 5.41) is 11.9. The van der Waals surface area contributed by atoms with Crippen molar-refractivity contribution in [3.63, 3.8) is 0 Å². The molecule has 0 atom stereocenters. The van der Waals surface area contributed by atoms with E-state index in [0.717, 1.165) is 0 Å². The van der Waals surface area contributed by atoms with Gasteiger partial charge in [-0.05, 0) is 29.7 Å². The van der Waals surface area contributed by atoms with Crippen molar-refractivity contribution < 1.29 is 9.67 Å². The summed E-state index contributed by atoms with van der Waals surface area (Å²) in [5.74, 6) is 0. The second-order valence-electron chi connectivity index (χ2n) is 6.10. The zero-order chi connectivity index (χ0) is 16.5. The zero-order valence-electron chi connectivity index (χ0n) is 13.7. The molecule has 2 heteroatoms. The first kappa shape index (κ1) is 14.9. The average Bonchev–Trinajstić information content (AvgIpc) is 2.64. The number of para-hydroxylation sites is 2. The third-order valence-electron chi connectivity index (χ3n) is 4.74. The first-order valence-electron chi connectivity index (χ1n) is 8.30. The number of aliphatic hydroxyl groups is 1. The zero-order valence-corrected chi connectivity index (χ0v) is 13.7. The molecule has 3 aromatic carbocycles. The van der Waals surface area contributed by atoms with Gasteiger partial charge in [0, 0.05) is 24.3 Å². The maximum atomic E-state index is 9.46. The molecule has 0 aliphatic rings. The Hall–Kier alpha value is -2.71. The van der Waals surface area contributed by atoms with Crippen molar-refractivity contribution >= 4 is 21.8 Å². The van der Waals surface area contributed by atoms with E-state index >= 15 is 0 Å². The lowest BCUT2D eigenvalue weighted by molar-refractivity contribution is -0.617. The molecule has 0 unspecified atom stereocenters. The van der Waals surface area contributed by atoms with Crippen molar-refractivity contribution in [3.05, 3.63) is 78.4 Å². The summed E-state index contributed by atoms with van der Waals surface area (Å²) in [5.41, 5.74) is 6.07. The Morgan fingerprint density at radius 3 is 1.92 bits per heavy atom. The monoisotopic (exact) mass is 314 g/mol. The van der Waals surface area contributed by atoms with Gasteiger partial charge in [-0.25, -0.2) is 0 Å². The number of rotatable bonds is 3. The van der Waals surface area contributed by atoms with Crippen molar-refractivity contribution in [2.45, 2.75) is 6.42 Å². The minimum atomic E-state index is 0.160. The SMILES string of the molecule is C[n+]1c2ccccc2c(-c2ccccc2CCO)c2ccccc21. The molecule has 4 aromatic rings. The Labute approximate surface area is 141 Å². The van der Waals surface area contributed by atoms with Crippen LogP contribution in [-0.4, -0.2) is 11.7 Å². The molecule has 118 valence electrons. The van der Waals surface area contributed by atoms with Crippen molar-refractivity contribution in [1.82, 2.24) is 0 Å². The van der Waals surface area contributed by atoms with E-state index in [-0.39, 0.29) is 6.61 Å². The van der Waals surface area contributed by atoms with Crippen molar-refractivity contribution in [1.29, 1.82) is 0 Å². The highest BCUT2D eigenvalue weighted by molar-refractivity contribution is 6.07. The molecule has 0 saturated heterocycles. The van der Waals surface area contributed by atoms with Gasteiger partial charge in [0.2, 0.25) is 11.0 Å². The van der Waals surface area contributed by atoms with Gasteiger partial charge in [0.15, 0.2) is 0 Å². The van der Waals surface area contributed by atoms with Crippen LogP contribution < -0.4 is 4.57 Å². The normalized spacial score (nSPS) is 11.2. The fraction of sp³-hybridized carbons (Fsp3) is 0.136. The Bertz CT molecular complexity index is 979. The van der Waals surface area contributed by atoms with Gasteiger partial charge in [-0.2, -0.15) is 4.57 Å². The summed E-state index contributed by atoms with van der Waals surface area (Å²) < 4.78 is 2.25. The molecule has 1 N–H and O–H groups in total. The van der Waals surface area contributed by atoms with Crippen molar-refractivity contribution in [3.8, 4) is 11.1 Å². The molecular formula is C22H20NO+. The molecule has 0 saturated carbocycles. The number of benzene rings is 3. The summed E-state index contributed by atoms with van der Waals surface area (Å²) in [4.78, 5) is 0. The van der Waals surface area contributed by atoms with Gasteiger partial charge in [-0.1, -0.05) is 48.5 Å². The highest BCUT2D eigenvalue weighted by atomic mass is 16.2. The van der Waals surface area contributed by atoms with Gasteiger partial charge in [0.1, 0.15) is 7.05 Å². The lowest BCUT2D eigenvalue weighted by atomic mass is 9.91. The molecular weight excluding hydrogens is 294 g/mol. The van der Waals surface area contributed by atoms with Crippen LogP contribution in [0, 0.1) is 0 Å². The number of aromatic nitrogens is 1. The minimum Gasteiger partial charge on any atom is -0.396 e. The molecule has 0 fully saturated rings. The summed E-state index contributed by atoms with van der Waals surface area (Å²) in [6.45, 7) is 0.160. The molecule has 2 nitrogen and oxygen atoms in total. The Kier molecular flexibility index (Phi) is 3.75. The summed E-state index contributed by atoms with van der Waals surface area (Å²) in [7, 11) is 2.12. The van der Waals surface area contributed by atoms with Gasteiger partial charge in [0.25, 0.3) is 0 Å². The van der Waals surface area contributed by atoms with E-state index in [4.69, 9.17) is 0 Å². The van der Waals surface area contributed by atoms with E-state index in [2.05, 4.69) is 78.3 Å². The fourth-order valence-corrected chi connectivity index (χ4v) is 3.62. The quantitative estimate of drug-likeness (QED) is 0.448. The predicted octanol–water partition coefficient (Wildman–Crippen LogP) is 4.02. The maximum Gasteiger partial charge on any atom is 0.213 e. The van der Waals surface area contributed by atoms with E-state index in [1.807, 2.05) is 6.07 Å². The van der Waals surface area contributed by atoms with Crippen LogP contribution in [0.4, 0.5) is 0 Å². The molecule has 0 radical (unpaired) electrons. The van der Waals surface area contributed by atoms with Crippen LogP contribution in [0.5, 0.6) is 0 Å². The van der Waals surface area contributed by atoms with Gasteiger partial charge in [-0.3, -0.25) is 0 Å². The van der Waals surface area contributed by atoms with Crippen LogP contribution in [0.2, 0.25) is 0 Å². The summed E-state index contributed by atoms with van der Waals surface area (Å²) in [6.07, 6.45) is 0.667. The van der Waals surface area contributed by atoms with Gasteiger partial charge in [-0.15, -0.1) is 0 Å². The van der Waals surface area contributed by atoms with Gasteiger partial charge >= 0.3 is 0 Å². The Balaban J connectivity index is 2.20. The smallest absolute Gasteiger partial charge is 0.213 e. The lowest BCUT2D eigenvalue weighted by Gasteiger charge is -2.14. The van der Waals surface area contributed by atoms with E-state index in [1.165, 1.54) is 38.5 Å².